The third-order valence-corrected chi connectivity index (χ3v) is 4.13. The molecule has 1 aliphatic rings. The van der Waals surface area contributed by atoms with Gasteiger partial charge in [0.15, 0.2) is 0 Å². The van der Waals surface area contributed by atoms with Crippen LogP contribution < -0.4 is 5.32 Å². The average Bonchev–Trinajstić information content (AvgIpc) is 2.50. The Morgan fingerprint density at radius 2 is 1.86 bits per heavy atom. The van der Waals surface area contributed by atoms with E-state index in [2.05, 4.69) is 10.2 Å². The summed E-state index contributed by atoms with van der Waals surface area (Å²) in [5.41, 5.74) is 0.860. The SMILES string of the molecule is CCNC(=O)CN1CCN(C(=O)Cc2ccccc2Cl)CC1. The standard InChI is InChI=1S/C16H22ClN3O2/c1-2-18-15(21)12-19-7-9-20(10-8-19)16(22)11-13-5-3-4-6-14(13)17/h3-6H,2,7-12H2,1H3,(H,18,21). The summed E-state index contributed by atoms with van der Waals surface area (Å²) in [6.07, 6.45) is 0.329. The van der Waals surface area contributed by atoms with E-state index in [0.29, 0.717) is 37.6 Å². The molecule has 0 saturated carbocycles. The molecular weight excluding hydrogens is 302 g/mol. The second-order valence-electron chi connectivity index (χ2n) is 5.38. The number of carbonyl (C=O) groups excluding carboxylic acids is 2. The fraction of sp³-hybridized carbons (Fsp3) is 0.500. The van der Waals surface area contributed by atoms with Crippen molar-refractivity contribution < 1.29 is 9.59 Å². The Bertz CT molecular complexity index is 528. The number of piperazine rings is 1. The van der Waals surface area contributed by atoms with Crippen LogP contribution in [0.3, 0.4) is 0 Å². The molecule has 1 aliphatic heterocycles. The quantitative estimate of drug-likeness (QED) is 0.885. The molecule has 1 aromatic rings. The zero-order valence-corrected chi connectivity index (χ0v) is 13.6. The predicted molar refractivity (Wildman–Crippen MR) is 86.9 cm³/mol. The second kappa shape index (κ2) is 8.15. The molecule has 0 unspecified atom stereocenters. The van der Waals surface area contributed by atoms with Crippen molar-refractivity contribution in [3.8, 4) is 0 Å². The number of hydrogen-bond donors (Lipinski definition) is 1. The lowest BCUT2D eigenvalue weighted by molar-refractivity contribution is -0.132. The molecule has 0 aromatic heterocycles. The van der Waals surface area contributed by atoms with E-state index in [9.17, 15) is 9.59 Å². The Kier molecular flexibility index (Phi) is 6.21. The van der Waals surface area contributed by atoms with E-state index in [1.807, 2.05) is 30.0 Å². The molecule has 22 heavy (non-hydrogen) atoms. The van der Waals surface area contributed by atoms with Crippen LogP contribution in [0.4, 0.5) is 0 Å². The van der Waals surface area contributed by atoms with Gasteiger partial charge in [-0.25, -0.2) is 0 Å². The molecule has 0 spiro atoms. The maximum atomic E-state index is 12.3. The topological polar surface area (TPSA) is 52.7 Å². The molecule has 0 aliphatic carbocycles. The van der Waals surface area contributed by atoms with Crippen LogP contribution in [0.25, 0.3) is 0 Å². The number of benzene rings is 1. The number of nitrogens with one attached hydrogen (secondary N) is 1. The summed E-state index contributed by atoms with van der Waals surface area (Å²) < 4.78 is 0. The first-order valence-corrected chi connectivity index (χ1v) is 7.98. The normalized spacial score (nSPS) is 15.6. The van der Waals surface area contributed by atoms with Crippen molar-refractivity contribution in [1.29, 1.82) is 0 Å². The van der Waals surface area contributed by atoms with Crippen LogP contribution >= 0.6 is 11.6 Å². The maximum absolute atomic E-state index is 12.3. The molecule has 0 radical (unpaired) electrons. The highest BCUT2D eigenvalue weighted by Gasteiger charge is 2.22. The van der Waals surface area contributed by atoms with Crippen LogP contribution in [0.15, 0.2) is 24.3 Å². The minimum absolute atomic E-state index is 0.0401. The summed E-state index contributed by atoms with van der Waals surface area (Å²) in [4.78, 5) is 27.8. The van der Waals surface area contributed by atoms with E-state index in [0.717, 1.165) is 18.7 Å². The Balaban J connectivity index is 1.80. The molecule has 2 amide bonds. The van der Waals surface area contributed by atoms with Crippen LogP contribution in [0.2, 0.25) is 5.02 Å². The highest BCUT2D eigenvalue weighted by molar-refractivity contribution is 6.31. The fourth-order valence-electron chi connectivity index (χ4n) is 2.53. The molecular formula is C16H22ClN3O2. The van der Waals surface area contributed by atoms with E-state index >= 15 is 0 Å². The number of hydrogen-bond acceptors (Lipinski definition) is 3. The average molecular weight is 324 g/mol. The van der Waals surface area contributed by atoms with Crippen molar-refractivity contribution in [2.45, 2.75) is 13.3 Å². The third kappa shape index (κ3) is 4.71. The summed E-state index contributed by atoms with van der Waals surface area (Å²) in [6, 6.07) is 7.43. The van der Waals surface area contributed by atoms with Gasteiger partial charge in [-0.3, -0.25) is 14.5 Å². The summed E-state index contributed by atoms with van der Waals surface area (Å²) in [5, 5.41) is 3.42. The van der Waals surface area contributed by atoms with Crippen LogP contribution in [-0.2, 0) is 16.0 Å². The lowest BCUT2D eigenvalue weighted by Gasteiger charge is -2.34. The zero-order chi connectivity index (χ0) is 15.9. The smallest absolute Gasteiger partial charge is 0.234 e. The first-order chi connectivity index (χ1) is 10.6. The molecule has 0 atom stereocenters. The molecule has 1 saturated heterocycles. The van der Waals surface area contributed by atoms with Crippen molar-refractivity contribution in [1.82, 2.24) is 15.1 Å². The molecule has 6 heteroatoms. The molecule has 120 valence electrons. The number of amides is 2. The molecule has 1 fully saturated rings. The molecule has 1 aromatic carbocycles. The van der Waals surface area contributed by atoms with Crippen molar-refractivity contribution in [3.05, 3.63) is 34.9 Å². The van der Waals surface area contributed by atoms with Gasteiger partial charge >= 0.3 is 0 Å². The van der Waals surface area contributed by atoms with Crippen LogP contribution in [0, 0.1) is 0 Å². The van der Waals surface area contributed by atoms with E-state index in [1.165, 1.54) is 0 Å². The number of nitrogens with zero attached hydrogens (tertiary/aromatic N) is 2. The Hall–Kier alpha value is -1.59. The first kappa shape index (κ1) is 16.8. The van der Waals surface area contributed by atoms with E-state index in [1.54, 1.807) is 6.07 Å². The Morgan fingerprint density at radius 3 is 2.50 bits per heavy atom. The van der Waals surface area contributed by atoms with Crippen molar-refractivity contribution in [2.75, 3.05) is 39.3 Å². The highest BCUT2D eigenvalue weighted by Crippen LogP contribution is 2.16. The molecule has 1 N–H and O–H groups in total. The fourth-order valence-corrected chi connectivity index (χ4v) is 2.73. The Labute approximate surface area is 136 Å². The zero-order valence-electron chi connectivity index (χ0n) is 12.8. The van der Waals surface area contributed by atoms with Gasteiger partial charge in [0, 0.05) is 37.7 Å². The van der Waals surface area contributed by atoms with E-state index in [-0.39, 0.29) is 11.8 Å². The Morgan fingerprint density at radius 1 is 1.18 bits per heavy atom. The summed E-state index contributed by atoms with van der Waals surface area (Å²) in [6.45, 7) is 5.72. The first-order valence-electron chi connectivity index (χ1n) is 7.60. The lowest BCUT2D eigenvalue weighted by Crippen LogP contribution is -2.51. The summed E-state index contributed by atoms with van der Waals surface area (Å²) in [5.74, 6) is 0.129. The van der Waals surface area contributed by atoms with Gasteiger partial charge in [-0.05, 0) is 18.6 Å². The number of rotatable bonds is 5. The van der Waals surface area contributed by atoms with Gasteiger partial charge in [-0.2, -0.15) is 0 Å². The van der Waals surface area contributed by atoms with Gasteiger partial charge < -0.3 is 10.2 Å². The number of halogens is 1. The largest absolute Gasteiger partial charge is 0.355 e. The lowest BCUT2D eigenvalue weighted by atomic mass is 10.1. The van der Waals surface area contributed by atoms with Gasteiger partial charge in [0.2, 0.25) is 11.8 Å². The summed E-state index contributed by atoms with van der Waals surface area (Å²) >= 11 is 6.09. The molecule has 0 bridgehead atoms. The van der Waals surface area contributed by atoms with Gasteiger partial charge in [0.25, 0.3) is 0 Å². The third-order valence-electron chi connectivity index (χ3n) is 3.77. The van der Waals surface area contributed by atoms with Crippen molar-refractivity contribution in [3.63, 3.8) is 0 Å². The van der Waals surface area contributed by atoms with E-state index < -0.39 is 0 Å². The van der Waals surface area contributed by atoms with Crippen molar-refractivity contribution in [2.24, 2.45) is 0 Å². The number of carbonyl (C=O) groups is 2. The monoisotopic (exact) mass is 323 g/mol. The van der Waals surface area contributed by atoms with Gasteiger partial charge in [0.1, 0.15) is 0 Å². The maximum Gasteiger partial charge on any atom is 0.234 e. The van der Waals surface area contributed by atoms with Crippen LogP contribution in [0.5, 0.6) is 0 Å². The van der Waals surface area contributed by atoms with Gasteiger partial charge in [0.05, 0.1) is 13.0 Å². The van der Waals surface area contributed by atoms with Crippen LogP contribution in [-0.4, -0.2) is 60.9 Å². The van der Waals surface area contributed by atoms with E-state index in [4.69, 9.17) is 11.6 Å². The van der Waals surface area contributed by atoms with Crippen molar-refractivity contribution >= 4 is 23.4 Å². The highest BCUT2D eigenvalue weighted by atomic mass is 35.5. The predicted octanol–water partition coefficient (Wildman–Crippen LogP) is 1.16. The second-order valence-corrected chi connectivity index (χ2v) is 5.79. The molecule has 2 rings (SSSR count). The number of likely N-dealkylation sites (N-methyl/N-ethyl adjacent to an activating group) is 1. The minimum Gasteiger partial charge on any atom is -0.355 e. The van der Waals surface area contributed by atoms with Crippen LogP contribution in [0.1, 0.15) is 12.5 Å². The summed E-state index contributed by atoms with van der Waals surface area (Å²) in [7, 11) is 0. The van der Waals surface area contributed by atoms with Gasteiger partial charge in [-0.1, -0.05) is 29.8 Å². The minimum atomic E-state index is 0.0401. The molecule has 1 heterocycles. The molecule has 5 nitrogen and oxygen atoms in total. The van der Waals surface area contributed by atoms with Gasteiger partial charge in [-0.15, -0.1) is 0 Å².